The Balaban J connectivity index is 1.79. The zero-order chi connectivity index (χ0) is 16.4. The molecule has 7 nitrogen and oxygen atoms in total. The first-order chi connectivity index (χ1) is 11.0. The highest BCUT2D eigenvalue weighted by Gasteiger charge is 2.23. The van der Waals surface area contributed by atoms with Gasteiger partial charge in [-0.1, -0.05) is 0 Å². The molecule has 7 heteroatoms. The first-order valence-electron chi connectivity index (χ1n) is 7.96. The van der Waals surface area contributed by atoms with E-state index in [4.69, 9.17) is 0 Å². The third-order valence-corrected chi connectivity index (χ3v) is 3.99. The largest absolute Gasteiger partial charge is 0.352 e. The first-order valence-corrected chi connectivity index (χ1v) is 7.96. The maximum atomic E-state index is 12.5. The predicted octanol–water partition coefficient (Wildman–Crippen LogP) is 1.57. The monoisotopic (exact) mass is 314 g/mol. The van der Waals surface area contributed by atoms with Gasteiger partial charge in [0.25, 0.3) is 5.91 Å². The Morgan fingerprint density at radius 1 is 1.30 bits per heavy atom. The van der Waals surface area contributed by atoms with Crippen LogP contribution in [0.25, 0.3) is 0 Å². The topological polar surface area (TPSA) is 86.8 Å². The van der Waals surface area contributed by atoms with Crippen molar-refractivity contribution >= 4 is 11.9 Å². The molecule has 0 fully saturated rings. The first kappa shape index (κ1) is 15.5. The van der Waals surface area contributed by atoms with Crippen molar-refractivity contribution in [2.24, 2.45) is 0 Å². The maximum absolute atomic E-state index is 12.5. The number of anilines is 1. The van der Waals surface area contributed by atoms with Crippen LogP contribution < -0.4 is 5.32 Å². The van der Waals surface area contributed by atoms with Gasteiger partial charge in [-0.05, 0) is 38.8 Å². The van der Waals surface area contributed by atoms with Crippen LogP contribution in [0.5, 0.6) is 0 Å². The van der Waals surface area contributed by atoms with E-state index in [2.05, 4.69) is 39.3 Å². The molecule has 2 N–H and O–H groups in total. The van der Waals surface area contributed by atoms with Crippen molar-refractivity contribution in [1.82, 2.24) is 25.1 Å². The summed E-state index contributed by atoms with van der Waals surface area (Å²) < 4.78 is 0. The lowest BCUT2D eigenvalue weighted by molar-refractivity contribution is 0.0757. The molecule has 3 heterocycles. The fourth-order valence-corrected chi connectivity index (χ4v) is 2.86. The highest BCUT2D eigenvalue weighted by molar-refractivity contribution is 5.92. The number of fused-ring (bicyclic) bond motifs is 1. The van der Waals surface area contributed by atoms with Crippen molar-refractivity contribution in [1.29, 1.82) is 0 Å². The van der Waals surface area contributed by atoms with Gasteiger partial charge in [-0.3, -0.25) is 9.89 Å². The SMILES string of the molecule is Cc1nc(NC(C)C)nc2c1CCN(C(=O)c1ccn[nH]1)CC2. The van der Waals surface area contributed by atoms with Gasteiger partial charge < -0.3 is 10.2 Å². The quantitative estimate of drug-likeness (QED) is 0.898. The Morgan fingerprint density at radius 3 is 2.78 bits per heavy atom. The van der Waals surface area contributed by atoms with Crippen molar-refractivity contribution in [2.75, 3.05) is 18.4 Å². The average molecular weight is 314 g/mol. The molecule has 122 valence electrons. The smallest absolute Gasteiger partial charge is 0.271 e. The van der Waals surface area contributed by atoms with Crippen molar-refractivity contribution in [2.45, 2.75) is 39.7 Å². The van der Waals surface area contributed by atoms with Crippen LogP contribution in [0.2, 0.25) is 0 Å². The van der Waals surface area contributed by atoms with Gasteiger partial charge in [0, 0.05) is 37.4 Å². The molecular formula is C16H22N6O. The maximum Gasteiger partial charge on any atom is 0.271 e. The Labute approximate surface area is 135 Å². The van der Waals surface area contributed by atoms with E-state index < -0.39 is 0 Å². The highest BCUT2D eigenvalue weighted by Crippen LogP contribution is 2.20. The Morgan fingerprint density at radius 2 is 2.09 bits per heavy atom. The Kier molecular flexibility index (Phi) is 4.27. The van der Waals surface area contributed by atoms with E-state index in [-0.39, 0.29) is 11.9 Å². The van der Waals surface area contributed by atoms with Gasteiger partial charge in [-0.2, -0.15) is 5.10 Å². The summed E-state index contributed by atoms with van der Waals surface area (Å²) in [4.78, 5) is 23.5. The third-order valence-electron chi connectivity index (χ3n) is 3.99. The number of amides is 1. The van der Waals surface area contributed by atoms with Gasteiger partial charge in [-0.15, -0.1) is 0 Å². The van der Waals surface area contributed by atoms with Crippen molar-refractivity contribution in [3.05, 3.63) is 34.9 Å². The normalized spacial score (nSPS) is 14.5. The second-order valence-electron chi connectivity index (χ2n) is 6.12. The molecule has 0 unspecified atom stereocenters. The summed E-state index contributed by atoms with van der Waals surface area (Å²) in [6, 6.07) is 1.99. The van der Waals surface area contributed by atoms with Crippen molar-refractivity contribution < 1.29 is 4.79 Å². The molecule has 0 saturated carbocycles. The number of aromatic nitrogens is 4. The summed E-state index contributed by atoms with van der Waals surface area (Å²) in [6.45, 7) is 7.47. The number of nitrogens with one attached hydrogen (secondary N) is 2. The van der Waals surface area contributed by atoms with E-state index >= 15 is 0 Å². The molecule has 0 spiro atoms. The highest BCUT2D eigenvalue weighted by atomic mass is 16.2. The van der Waals surface area contributed by atoms with E-state index in [1.807, 2.05) is 11.8 Å². The molecule has 0 radical (unpaired) electrons. The lowest BCUT2D eigenvalue weighted by Gasteiger charge is -2.18. The fraction of sp³-hybridized carbons (Fsp3) is 0.500. The number of hydrogen-bond acceptors (Lipinski definition) is 5. The molecule has 1 aliphatic heterocycles. The number of aromatic amines is 1. The number of H-pyrrole nitrogens is 1. The minimum atomic E-state index is -0.0125. The summed E-state index contributed by atoms with van der Waals surface area (Å²) in [5, 5.41) is 9.85. The van der Waals surface area contributed by atoms with Gasteiger partial charge in [0.2, 0.25) is 5.95 Å². The second-order valence-corrected chi connectivity index (χ2v) is 6.12. The molecule has 2 aromatic rings. The van der Waals surface area contributed by atoms with Crippen LogP contribution in [0.4, 0.5) is 5.95 Å². The molecule has 0 atom stereocenters. The molecule has 1 amide bonds. The number of hydrogen-bond donors (Lipinski definition) is 2. The van der Waals surface area contributed by atoms with Gasteiger partial charge >= 0.3 is 0 Å². The van der Waals surface area contributed by atoms with Gasteiger partial charge in [-0.25, -0.2) is 9.97 Å². The minimum absolute atomic E-state index is 0.0125. The van der Waals surface area contributed by atoms with E-state index in [9.17, 15) is 4.79 Å². The Bertz CT molecular complexity index is 695. The molecule has 23 heavy (non-hydrogen) atoms. The number of nitrogens with zero attached hydrogens (tertiary/aromatic N) is 4. The van der Waals surface area contributed by atoms with Crippen LogP contribution in [-0.2, 0) is 12.8 Å². The Hall–Kier alpha value is -2.44. The zero-order valence-corrected chi connectivity index (χ0v) is 13.8. The molecule has 1 aliphatic rings. The van der Waals surface area contributed by atoms with Crippen molar-refractivity contribution in [3.63, 3.8) is 0 Å². The average Bonchev–Trinajstić information content (AvgIpc) is 2.93. The van der Waals surface area contributed by atoms with Crippen LogP contribution in [0, 0.1) is 6.92 Å². The summed E-state index contributed by atoms with van der Waals surface area (Å²) in [6.07, 6.45) is 3.12. The van der Waals surface area contributed by atoms with E-state index in [0.717, 1.165) is 24.2 Å². The van der Waals surface area contributed by atoms with Crippen LogP contribution in [0.3, 0.4) is 0 Å². The molecule has 3 rings (SSSR count). The summed E-state index contributed by atoms with van der Waals surface area (Å²) >= 11 is 0. The zero-order valence-electron chi connectivity index (χ0n) is 13.8. The van der Waals surface area contributed by atoms with E-state index in [1.54, 1.807) is 12.3 Å². The predicted molar refractivity (Wildman–Crippen MR) is 87.4 cm³/mol. The van der Waals surface area contributed by atoms with Crippen LogP contribution >= 0.6 is 0 Å². The lowest BCUT2D eigenvalue weighted by atomic mass is 10.1. The summed E-state index contributed by atoms with van der Waals surface area (Å²) in [5.41, 5.74) is 3.73. The fourth-order valence-electron chi connectivity index (χ4n) is 2.86. The lowest BCUT2D eigenvalue weighted by Crippen LogP contribution is -2.33. The summed E-state index contributed by atoms with van der Waals surface area (Å²) in [5.74, 6) is 0.658. The second kappa shape index (κ2) is 6.36. The number of carbonyl (C=O) groups excluding carboxylic acids is 1. The molecular weight excluding hydrogens is 292 g/mol. The van der Waals surface area contributed by atoms with Gasteiger partial charge in [0.15, 0.2) is 0 Å². The van der Waals surface area contributed by atoms with Crippen LogP contribution in [-0.4, -0.2) is 50.1 Å². The minimum Gasteiger partial charge on any atom is -0.352 e. The molecule has 0 aliphatic carbocycles. The van der Waals surface area contributed by atoms with Gasteiger partial charge in [0.1, 0.15) is 5.69 Å². The molecule has 2 aromatic heterocycles. The molecule has 0 bridgehead atoms. The molecule has 0 saturated heterocycles. The third kappa shape index (κ3) is 3.33. The van der Waals surface area contributed by atoms with E-state index in [1.165, 1.54) is 5.56 Å². The van der Waals surface area contributed by atoms with Crippen LogP contribution in [0.15, 0.2) is 12.3 Å². The number of carbonyl (C=O) groups is 1. The number of rotatable bonds is 3. The standard InChI is InChI=1S/C16H22N6O/c1-10(2)18-16-19-11(3)12-5-8-22(9-6-13(12)20-16)15(23)14-4-7-17-21-14/h4,7,10H,5-6,8-9H2,1-3H3,(H,17,21)(H,18,19,20). The summed E-state index contributed by atoms with van der Waals surface area (Å²) in [7, 11) is 0. The van der Waals surface area contributed by atoms with Crippen LogP contribution in [0.1, 0.15) is 41.3 Å². The number of aryl methyl sites for hydroxylation is 1. The van der Waals surface area contributed by atoms with Gasteiger partial charge in [0.05, 0.1) is 5.69 Å². The van der Waals surface area contributed by atoms with Crippen molar-refractivity contribution in [3.8, 4) is 0 Å². The van der Waals surface area contributed by atoms with E-state index in [0.29, 0.717) is 24.7 Å². The molecule has 0 aromatic carbocycles.